The van der Waals surface area contributed by atoms with Crippen LogP contribution in [-0.2, 0) is 6.18 Å². The fourth-order valence-electron chi connectivity index (χ4n) is 1.27. The minimum atomic E-state index is -4.77. The van der Waals surface area contributed by atoms with Crippen LogP contribution in [0, 0.1) is 0 Å². The molecule has 0 aliphatic rings. The van der Waals surface area contributed by atoms with E-state index in [1.807, 2.05) is 0 Å². The number of hydrogen-bond acceptors (Lipinski definition) is 2. The minimum absolute atomic E-state index is 0.453. The maximum absolute atomic E-state index is 12.3. The van der Waals surface area contributed by atoms with Gasteiger partial charge in [-0.05, 0) is 6.07 Å². The van der Waals surface area contributed by atoms with E-state index in [1.54, 1.807) is 5.10 Å². The van der Waals surface area contributed by atoms with Gasteiger partial charge in [-0.3, -0.25) is 9.89 Å². The van der Waals surface area contributed by atoms with Crippen molar-refractivity contribution >= 4 is 5.65 Å². The van der Waals surface area contributed by atoms with Crippen LogP contribution in [-0.4, -0.2) is 14.6 Å². The van der Waals surface area contributed by atoms with Gasteiger partial charge < -0.3 is 0 Å². The van der Waals surface area contributed by atoms with E-state index in [4.69, 9.17) is 0 Å². The van der Waals surface area contributed by atoms with Crippen molar-refractivity contribution in [2.45, 2.75) is 12.6 Å². The van der Waals surface area contributed by atoms with E-state index in [0.717, 1.165) is 6.07 Å². The second-order valence-electron chi connectivity index (χ2n) is 3.19. The molecule has 0 unspecified atom stereocenters. The third-order valence-corrected chi connectivity index (χ3v) is 2.00. The van der Waals surface area contributed by atoms with Crippen LogP contribution in [0.2, 0.25) is 0 Å². The molecule has 2 aromatic heterocycles. The van der Waals surface area contributed by atoms with Gasteiger partial charge in [0.1, 0.15) is 0 Å². The number of alkyl halides is 5. The van der Waals surface area contributed by atoms with Crippen LogP contribution in [0.4, 0.5) is 22.0 Å². The highest BCUT2D eigenvalue weighted by atomic mass is 19.4. The van der Waals surface area contributed by atoms with Crippen molar-refractivity contribution in [3.63, 3.8) is 0 Å². The number of fused-ring (bicyclic) bond motifs is 1. The number of nitrogens with zero attached hydrogens (tertiary/aromatic N) is 2. The summed E-state index contributed by atoms with van der Waals surface area (Å²) in [7, 11) is 0. The summed E-state index contributed by atoms with van der Waals surface area (Å²) in [5.74, 6) is -1.42. The van der Waals surface area contributed by atoms with E-state index >= 15 is 0 Å². The SMILES string of the molecule is O=c1cc(C(F)F)cc2nc(C(F)(F)F)[nH]n12. The van der Waals surface area contributed by atoms with Gasteiger partial charge >= 0.3 is 6.18 Å². The molecule has 0 aromatic carbocycles. The molecule has 0 fully saturated rings. The maximum Gasteiger partial charge on any atom is 0.451 e. The lowest BCUT2D eigenvalue weighted by Crippen LogP contribution is -2.15. The molecule has 0 saturated carbocycles. The standard InChI is InChI=1S/C8H4F5N3O/c9-6(10)3-1-4-14-7(8(11,12)13)15-16(4)5(17)2-3/h1-2,6H,(H,14,15). The Morgan fingerprint density at radius 1 is 1.29 bits per heavy atom. The Balaban J connectivity index is 2.70. The number of H-pyrrole nitrogens is 1. The summed E-state index contributed by atoms with van der Waals surface area (Å²) in [4.78, 5) is 14.3. The van der Waals surface area contributed by atoms with Crippen LogP contribution in [0.25, 0.3) is 5.65 Å². The van der Waals surface area contributed by atoms with Crippen molar-refractivity contribution in [1.29, 1.82) is 0 Å². The van der Waals surface area contributed by atoms with Crippen molar-refractivity contribution in [2.24, 2.45) is 0 Å². The quantitative estimate of drug-likeness (QED) is 0.790. The zero-order valence-electron chi connectivity index (χ0n) is 7.92. The number of rotatable bonds is 1. The zero-order valence-corrected chi connectivity index (χ0v) is 7.92. The molecule has 0 atom stereocenters. The predicted molar refractivity (Wildman–Crippen MR) is 45.8 cm³/mol. The Morgan fingerprint density at radius 2 is 1.94 bits per heavy atom. The molecule has 92 valence electrons. The third kappa shape index (κ3) is 1.99. The Kier molecular flexibility index (Phi) is 2.40. The van der Waals surface area contributed by atoms with E-state index in [9.17, 15) is 26.7 Å². The zero-order chi connectivity index (χ0) is 12.8. The molecule has 1 N–H and O–H groups in total. The van der Waals surface area contributed by atoms with Crippen LogP contribution in [0.3, 0.4) is 0 Å². The molecule has 2 heterocycles. The number of nitrogens with one attached hydrogen (secondary N) is 1. The summed E-state index contributed by atoms with van der Waals surface area (Å²) < 4.78 is 61.8. The first kappa shape index (κ1) is 11.6. The smallest absolute Gasteiger partial charge is 0.269 e. The number of aromatic nitrogens is 3. The molecule has 0 bridgehead atoms. The molecule has 2 rings (SSSR count). The summed E-state index contributed by atoms with van der Waals surface area (Å²) in [6, 6.07) is 1.27. The Bertz CT molecular complexity index is 612. The molecule has 4 nitrogen and oxygen atoms in total. The Labute approximate surface area is 89.7 Å². The van der Waals surface area contributed by atoms with Gasteiger partial charge in [0.2, 0.25) is 5.82 Å². The van der Waals surface area contributed by atoms with Gasteiger partial charge in [-0.1, -0.05) is 0 Å². The lowest BCUT2D eigenvalue weighted by atomic mass is 10.3. The van der Waals surface area contributed by atoms with E-state index in [2.05, 4.69) is 4.98 Å². The number of pyridine rings is 1. The fourth-order valence-corrected chi connectivity index (χ4v) is 1.27. The molecule has 0 aliphatic heterocycles. The molecule has 0 spiro atoms. The predicted octanol–water partition coefficient (Wildman–Crippen LogP) is 1.98. The highest BCUT2D eigenvalue weighted by molar-refractivity contribution is 5.41. The second kappa shape index (κ2) is 3.54. The number of halogens is 5. The van der Waals surface area contributed by atoms with Crippen LogP contribution < -0.4 is 5.56 Å². The van der Waals surface area contributed by atoms with Crippen molar-refractivity contribution in [1.82, 2.24) is 14.6 Å². The largest absolute Gasteiger partial charge is 0.451 e. The third-order valence-electron chi connectivity index (χ3n) is 2.00. The van der Waals surface area contributed by atoms with Gasteiger partial charge in [0, 0.05) is 11.6 Å². The Hall–Kier alpha value is -1.93. The normalized spacial score (nSPS) is 12.6. The van der Waals surface area contributed by atoms with Crippen LogP contribution >= 0.6 is 0 Å². The summed E-state index contributed by atoms with van der Waals surface area (Å²) in [6.45, 7) is 0. The summed E-state index contributed by atoms with van der Waals surface area (Å²) in [5, 5.41) is 1.69. The van der Waals surface area contributed by atoms with Gasteiger partial charge in [-0.25, -0.2) is 13.8 Å². The second-order valence-corrected chi connectivity index (χ2v) is 3.19. The molecule has 0 aliphatic carbocycles. The van der Waals surface area contributed by atoms with Crippen molar-refractivity contribution in [2.75, 3.05) is 0 Å². The van der Waals surface area contributed by atoms with Crippen molar-refractivity contribution < 1.29 is 22.0 Å². The highest BCUT2D eigenvalue weighted by Gasteiger charge is 2.35. The topological polar surface area (TPSA) is 50.2 Å². The summed E-state index contributed by atoms with van der Waals surface area (Å²) >= 11 is 0. The first-order valence-corrected chi connectivity index (χ1v) is 4.27. The average molecular weight is 253 g/mol. The first-order valence-electron chi connectivity index (χ1n) is 4.27. The van der Waals surface area contributed by atoms with Gasteiger partial charge in [0.25, 0.3) is 12.0 Å². The number of aromatic amines is 1. The average Bonchev–Trinajstić information content (AvgIpc) is 2.60. The maximum atomic E-state index is 12.3. The minimum Gasteiger partial charge on any atom is -0.269 e. The first-order chi connectivity index (χ1) is 7.79. The molecule has 0 radical (unpaired) electrons. The van der Waals surface area contributed by atoms with Crippen molar-refractivity contribution in [3.05, 3.63) is 33.9 Å². The Morgan fingerprint density at radius 3 is 2.47 bits per heavy atom. The fraction of sp³-hybridized carbons (Fsp3) is 0.250. The number of hydrogen-bond donors (Lipinski definition) is 1. The summed E-state index contributed by atoms with van der Waals surface area (Å²) in [6.07, 6.45) is -7.72. The lowest BCUT2D eigenvalue weighted by Gasteiger charge is -1.98. The molecular weight excluding hydrogens is 249 g/mol. The van der Waals surface area contributed by atoms with Crippen LogP contribution in [0.5, 0.6) is 0 Å². The van der Waals surface area contributed by atoms with Crippen LogP contribution in [0.1, 0.15) is 17.8 Å². The lowest BCUT2D eigenvalue weighted by molar-refractivity contribution is -0.144. The molecule has 9 heteroatoms. The monoisotopic (exact) mass is 253 g/mol. The van der Waals surface area contributed by atoms with E-state index in [-0.39, 0.29) is 0 Å². The molecule has 0 saturated heterocycles. The highest BCUT2D eigenvalue weighted by Crippen LogP contribution is 2.26. The van der Waals surface area contributed by atoms with E-state index in [1.165, 1.54) is 0 Å². The van der Waals surface area contributed by atoms with Gasteiger partial charge in [0.05, 0.1) is 0 Å². The van der Waals surface area contributed by atoms with E-state index in [0.29, 0.717) is 10.6 Å². The van der Waals surface area contributed by atoms with Gasteiger partial charge in [-0.2, -0.15) is 17.7 Å². The molecule has 2 aromatic rings. The molecular formula is C8H4F5N3O. The van der Waals surface area contributed by atoms with E-state index < -0.39 is 35.2 Å². The van der Waals surface area contributed by atoms with Gasteiger partial charge in [0.15, 0.2) is 5.65 Å². The van der Waals surface area contributed by atoms with Gasteiger partial charge in [-0.15, -0.1) is 0 Å². The van der Waals surface area contributed by atoms with Crippen molar-refractivity contribution in [3.8, 4) is 0 Å². The molecule has 0 amide bonds. The summed E-state index contributed by atoms with van der Waals surface area (Å²) in [5.41, 5.74) is -2.20. The molecule has 17 heavy (non-hydrogen) atoms. The van der Waals surface area contributed by atoms with Crippen LogP contribution in [0.15, 0.2) is 16.9 Å².